The Hall–Kier alpha value is -3.71. The van der Waals surface area contributed by atoms with Gasteiger partial charge >= 0.3 is 0 Å². The molecule has 2 aromatic heterocycles. The van der Waals surface area contributed by atoms with Crippen LogP contribution in [0.5, 0.6) is 0 Å². The lowest BCUT2D eigenvalue weighted by molar-refractivity contribution is -0.116. The van der Waals surface area contributed by atoms with Gasteiger partial charge in [-0.05, 0) is 24.6 Å². The van der Waals surface area contributed by atoms with E-state index < -0.39 is 0 Å². The van der Waals surface area contributed by atoms with Gasteiger partial charge in [-0.3, -0.25) is 9.59 Å². The fraction of sp³-hybridized carbons (Fsp3) is 0.136. The van der Waals surface area contributed by atoms with Crippen LogP contribution >= 0.6 is 0 Å². The Kier molecular flexibility index (Phi) is 4.97. The van der Waals surface area contributed by atoms with Gasteiger partial charge in [0.05, 0.1) is 12.3 Å². The molecule has 29 heavy (non-hydrogen) atoms. The number of hydrogen-bond acceptors (Lipinski definition) is 4. The lowest BCUT2D eigenvalue weighted by atomic mass is 10.1. The Balaban J connectivity index is 1.69. The molecule has 4 aromatic rings. The standard InChI is InChI=1S/C22H20N4O3/c1-15-6-5-9-17(12-15)23-19(28)13-25-10-11-26-21(22(25)29)18(14-27)20(24-26)16-7-3-2-4-8-16/h2-12,27H,13-14H2,1H3,(H,23,28). The SMILES string of the molecule is Cc1cccc(NC(=O)Cn2ccn3nc(-c4ccccc4)c(CO)c3c2=O)c1. The number of aromatic nitrogens is 3. The quantitative estimate of drug-likeness (QED) is 0.550. The number of aliphatic hydroxyl groups excluding tert-OH is 1. The van der Waals surface area contributed by atoms with Crippen molar-refractivity contribution in [1.29, 1.82) is 0 Å². The maximum atomic E-state index is 13.0. The van der Waals surface area contributed by atoms with Gasteiger partial charge in [-0.1, -0.05) is 42.5 Å². The number of carbonyl (C=O) groups is 1. The Morgan fingerprint density at radius 3 is 2.62 bits per heavy atom. The molecule has 0 aliphatic carbocycles. The van der Waals surface area contributed by atoms with Crippen molar-refractivity contribution in [3.63, 3.8) is 0 Å². The molecule has 0 saturated carbocycles. The van der Waals surface area contributed by atoms with Crippen LogP contribution in [-0.4, -0.2) is 25.2 Å². The first-order chi connectivity index (χ1) is 14.1. The van der Waals surface area contributed by atoms with E-state index in [9.17, 15) is 14.7 Å². The number of benzene rings is 2. The van der Waals surface area contributed by atoms with E-state index in [2.05, 4.69) is 10.4 Å². The number of nitrogens with one attached hydrogen (secondary N) is 1. The van der Waals surface area contributed by atoms with Crippen molar-refractivity contribution in [2.45, 2.75) is 20.1 Å². The molecule has 0 fully saturated rings. The first-order valence-electron chi connectivity index (χ1n) is 9.20. The number of rotatable bonds is 5. The maximum Gasteiger partial charge on any atom is 0.277 e. The molecule has 2 aromatic carbocycles. The summed E-state index contributed by atoms with van der Waals surface area (Å²) < 4.78 is 2.77. The maximum absolute atomic E-state index is 13.0. The van der Waals surface area contributed by atoms with Crippen molar-refractivity contribution in [3.8, 4) is 11.3 Å². The van der Waals surface area contributed by atoms with E-state index in [1.807, 2.05) is 55.5 Å². The number of fused-ring (bicyclic) bond motifs is 1. The average Bonchev–Trinajstić information content (AvgIpc) is 3.10. The molecule has 1 amide bonds. The van der Waals surface area contributed by atoms with Gasteiger partial charge in [0.15, 0.2) is 0 Å². The van der Waals surface area contributed by atoms with E-state index in [-0.39, 0.29) is 30.1 Å². The zero-order chi connectivity index (χ0) is 20.4. The summed E-state index contributed by atoms with van der Waals surface area (Å²) in [5.74, 6) is -0.310. The molecule has 0 unspecified atom stereocenters. The largest absolute Gasteiger partial charge is 0.392 e. The second-order valence-corrected chi connectivity index (χ2v) is 6.79. The molecule has 7 heteroatoms. The van der Waals surface area contributed by atoms with Gasteiger partial charge < -0.3 is 15.0 Å². The number of carbonyl (C=O) groups excluding carboxylic acids is 1. The summed E-state index contributed by atoms with van der Waals surface area (Å²) >= 11 is 0. The number of anilines is 1. The molecule has 0 aliphatic heterocycles. The predicted molar refractivity (Wildman–Crippen MR) is 111 cm³/mol. The van der Waals surface area contributed by atoms with Gasteiger partial charge in [0.2, 0.25) is 5.91 Å². The second kappa shape index (κ2) is 7.73. The van der Waals surface area contributed by atoms with Gasteiger partial charge in [-0.25, -0.2) is 4.52 Å². The third-order valence-electron chi connectivity index (χ3n) is 4.68. The molecule has 0 spiro atoms. The van der Waals surface area contributed by atoms with Crippen LogP contribution in [0.15, 0.2) is 71.8 Å². The van der Waals surface area contributed by atoms with Crippen LogP contribution in [0.3, 0.4) is 0 Å². The highest BCUT2D eigenvalue weighted by molar-refractivity contribution is 5.90. The number of hydrogen-bond donors (Lipinski definition) is 2. The minimum absolute atomic E-state index is 0.139. The Morgan fingerprint density at radius 2 is 1.90 bits per heavy atom. The van der Waals surface area contributed by atoms with Gasteiger partial charge in [-0.15, -0.1) is 0 Å². The molecule has 0 radical (unpaired) electrons. The Bertz CT molecular complexity index is 1240. The highest BCUT2D eigenvalue weighted by Gasteiger charge is 2.18. The van der Waals surface area contributed by atoms with Gasteiger partial charge in [0.25, 0.3) is 5.56 Å². The highest BCUT2D eigenvalue weighted by atomic mass is 16.3. The van der Waals surface area contributed by atoms with E-state index >= 15 is 0 Å². The average molecular weight is 388 g/mol. The molecule has 2 N–H and O–H groups in total. The molecule has 146 valence electrons. The number of aryl methyl sites for hydroxylation is 1. The van der Waals surface area contributed by atoms with Gasteiger partial charge in [-0.2, -0.15) is 5.10 Å². The van der Waals surface area contributed by atoms with Crippen LogP contribution in [0.2, 0.25) is 0 Å². The third-order valence-corrected chi connectivity index (χ3v) is 4.68. The summed E-state index contributed by atoms with van der Waals surface area (Å²) in [7, 11) is 0. The molecule has 7 nitrogen and oxygen atoms in total. The van der Waals surface area contributed by atoms with E-state index in [0.717, 1.165) is 11.1 Å². The van der Waals surface area contributed by atoms with Crippen LogP contribution in [0.25, 0.3) is 16.8 Å². The lowest BCUT2D eigenvalue weighted by Gasteiger charge is -2.08. The molecule has 2 heterocycles. The van der Waals surface area contributed by atoms with Crippen LogP contribution in [0.4, 0.5) is 5.69 Å². The minimum Gasteiger partial charge on any atom is -0.392 e. The Morgan fingerprint density at radius 1 is 1.10 bits per heavy atom. The molecule has 0 atom stereocenters. The van der Waals surface area contributed by atoms with Gasteiger partial charge in [0.1, 0.15) is 12.1 Å². The van der Waals surface area contributed by atoms with Crippen LogP contribution in [0.1, 0.15) is 11.1 Å². The van der Waals surface area contributed by atoms with Crippen molar-refractivity contribution in [1.82, 2.24) is 14.2 Å². The van der Waals surface area contributed by atoms with E-state index in [1.54, 1.807) is 12.3 Å². The highest BCUT2D eigenvalue weighted by Crippen LogP contribution is 2.24. The molecular formula is C22H20N4O3. The van der Waals surface area contributed by atoms with E-state index in [1.165, 1.54) is 15.3 Å². The summed E-state index contributed by atoms with van der Waals surface area (Å²) in [5, 5.41) is 17.2. The van der Waals surface area contributed by atoms with Crippen molar-refractivity contribution >= 4 is 17.1 Å². The van der Waals surface area contributed by atoms with Crippen LogP contribution in [-0.2, 0) is 17.9 Å². The molecule has 0 saturated heterocycles. The number of nitrogens with zero attached hydrogens (tertiary/aromatic N) is 3. The number of amides is 1. The van der Waals surface area contributed by atoms with Crippen molar-refractivity contribution in [2.24, 2.45) is 0 Å². The van der Waals surface area contributed by atoms with Crippen LogP contribution < -0.4 is 10.9 Å². The first kappa shape index (κ1) is 18.6. The van der Waals surface area contributed by atoms with E-state index in [0.29, 0.717) is 16.9 Å². The van der Waals surface area contributed by atoms with E-state index in [4.69, 9.17) is 0 Å². The molecule has 0 bridgehead atoms. The smallest absolute Gasteiger partial charge is 0.277 e. The summed E-state index contributed by atoms with van der Waals surface area (Å²) in [6, 6.07) is 16.8. The first-order valence-corrected chi connectivity index (χ1v) is 9.20. The summed E-state index contributed by atoms with van der Waals surface area (Å²) in [6.45, 7) is 1.47. The summed E-state index contributed by atoms with van der Waals surface area (Å²) in [6.07, 6.45) is 3.14. The zero-order valence-electron chi connectivity index (χ0n) is 15.9. The monoisotopic (exact) mass is 388 g/mol. The molecule has 4 rings (SSSR count). The topological polar surface area (TPSA) is 88.6 Å². The van der Waals surface area contributed by atoms with Crippen molar-refractivity contribution < 1.29 is 9.90 Å². The lowest BCUT2D eigenvalue weighted by Crippen LogP contribution is -2.28. The minimum atomic E-state index is -0.384. The summed E-state index contributed by atoms with van der Waals surface area (Å²) in [4.78, 5) is 25.4. The fourth-order valence-corrected chi connectivity index (χ4v) is 3.33. The zero-order valence-corrected chi connectivity index (χ0v) is 15.9. The summed E-state index contributed by atoms with van der Waals surface area (Å²) in [5.41, 5.74) is 3.38. The van der Waals surface area contributed by atoms with Gasteiger partial charge in [0, 0.05) is 29.2 Å². The Labute approximate surface area is 166 Å². The van der Waals surface area contributed by atoms with Crippen molar-refractivity contribution in [2.75, 3.05) is 5.32 Å². The molecular weight excluding hydrogens is 368 g/mol. The predicted octanol–water partition coefficient (Wildman–Crippen LogP) is 2.60. The second-order valence-electron chi connectivity index (χ2n) is 6.79. The van der Waals surface area contributed by atoms with Crippen LogP contribution in [0, 0.1) is 6.92 Å². The fourth-order valence-electron chi connectivity index (χ4n) is 3.33. The third kappa shape index (κ3) is 3.68. The number of aliphatic hydroxyl groups is 1. The molecule has 0 aliphatic rings. The normalized spacial score (nSPS) is 11.0. The van der Waals surface area contributed by atoms with Crippen molar-refractivity contribution in [3.05, 3.63) is 88.5 Å².